The molecule has 0 aliphatic carbocycles. The van der Waals surface area contributed by atoms with E-state index in [1.807, 2.05) is 6.07 Å². The lowest BCUT2D eigenvalue weighted by molar-refractivity contribution is 0.583. The molecule has 3 rings (SSSR count). The van der Waals surface area contributed by atoms with Crippen LogP contribution in [0.25, 0.3) is 11.5 Å². The molecule has 0 fully saturated rings. The van der Waals surface area contributed by atoms with Gasteiger partial charge in [-0.15, -0.1) is 0 Å². The van der Waals surface area contributed by atoms with E-state index in [0.29, 0.717) is 5.56 Å². The van der Waals surface area contributed by atoms with Crippen LogP contribution in [0.5, 0.6) is 0 Å². The van der Waals surface area contributed by atoms with Crippen LogP contribution in [-0.4, -0.2) is 19.7 Å². The lowest BCUT2D eigenvalue weighted by atomic mass is 10.2. The van der Waals surface area contributed by atoms with Gasteiger partial charge < -0.3 is 0 Å². The first kappa shape index (κ1) is 15.1. The summed E-state index contributed by atoms with van der Waals surface area (Å²) in [6.45, 7) is 0.0739. The molecule has 114 valence electrons. The van der Waals surface area contributed by atoms with E-state index in [-0.39, 0.29) is 28.9 Å². The van der Waals surface area contributed by atoms with Crippen molar-refractivity contribution in [3.05, 3.63) is 64.6 Å². The SMILES string of the molecule is N#Cc1cc(-c2ncc(F)c(Cl)n2)nn1Cc1ccccc1F. The predicted octanol–water partition coefficient (Wildman–Crippen LogP) is 3.19. The molecule has 0 aliphatic heterocycles. The minimum Gasteiger partial charge on any atom is -0.250 e. The average molecular weight is 332 g/mol. The Labute approximate surface area is 134 Å². The van der Waals surface area contributed by atoms with Gasteiger partial charge in [0, 0.05) is 11.6 Å². The largest absolute Gasteiger partial charge is 0.250 e. The van der Waals surface area contributed by atoms with Gasteiger partial charge in [0.05, 0.1) is 12.7 Å². The van der Waals surface area contributed by atoms with E-state index in [2.05, 4.69) is 15.1 Å². The summed E-state index contributed by atoms with van der Waals surface area (Å²) >= 11 is 5.62. The molecule has 0 N–H and O–H groups in total. The number of aromatic nitrogens is 4. The second-order valence-corrected chi connectivity index (χ2v) is 4.97. The van der Waals surface area contributed by atoms with Crippen molar-refractivity contribution < 1.29 is 8.78 Å². The molecule has 23 heavy (non-hydrogen) atoms. The quantitative estimate of drug-likeness (QED) is 0.691. The second-order valence-electron chi connectivity index (χ2n) is 4.61. The molecule has 2 heterocycles. The minimum atomic E-state index is -0.748. The van der Waals surface area contributed by atoms with E-state index in [4.69, 9.17) is 11.6 Å². The number of nitrogens with zero attached hydrogens (tertiary/aromatic N) is 5. The third-order valence-electron chi connectivity index (χ3n) is 3.10. The molecule has 0 bridgehead atoms. The second kappa shape index (κ2) is 6.10. The molecule has 0 saturated carbocycles. The predicted molar refractivity (Wildman–Crippen MR) is 78.4 cm³/mol. The van der Waals surface area contributed by atoms with E-state index in [9.17, 15) is 14.0 Å². The third kappa shape index (κ3) is 3.03. The topological polar surface area (TPSA) is 67.4 Å². The molecular weight excluding hydrogens is 324 g/mol. The molecule has 3 aromatic rings. The summed E-state index contributed by atoms with van der Waals surface area (Å²) in [6, 6.07) is 9.60. The van der Waals surface area contributed by atoms with Crippen molar-refractivity contribution in [1.82, 2.24) is 19.7 Å². The minimum absolute atomic E-state index is 0.0739. The zero-order chi connectivity index (χ0) is 16.4. The van der Waals surface area contributed by atoms with E-state index in [0.717, 1.165) is 6.20 Å². The van der Waals surface area contributed by atoms with Crippen LogP contribution in [0.4, 0.5) is 8.78 Å². The number of hydrogen-bond acceptors (Lipinski definition) is 4. The summed E-state index contributed by atoms with van der Waals surface area (Å²) in [5.74, 6) is -1.06. The van der Waals surface area contributed by atoms with Gasteiger partial charge in [0.15, 0.2) is 16.8 Å². The van der Waals surface area contributed by atoms with Crippen molar-refractivity contribution in [2.75, 3.05) is 0 Å². The number of rotatable bonds is 3. The van der Waals surface area contributed by atoms with Gasteiger partial charge in [-0.2, -0.15) is 10.4 Å². The van der Waals surface area contributed by atoms with Gasteiger partial charge in [-0.3, -0.25) is 0 Å². The number of halogens is 3. The summed E-state index contributed by atoms with van der Waals surface area (Å²) in [7, 11) is 0. The summed E-state index contributed by atoms with van der Waals surface area (Å²) < 4.78 is 28.2. The molecule has 0 unspecified atom stereocenters. The number of hydrogen-bond donors (Lipinski definition) is 0. The summed E-state index contributed by atoms with van der Waals surface area (Å²) in [5, 5.41) is 13.0. The van der Waals surface area contributed by atoms with Gasteiger partial charge in [0.1, 0.15) is 23.3 Å². The van der Waals surface area contributed by atoms with Gasteiger partial charge in [-0.1, -0.05) is 29.8 Å². The number of nitriles is 1. The molecule has 8 heteroatoms. The normalized spacial score (nSPS) is 10.5. The molecule has 0 saturated heterocycles. The van der Waals surface area contributed by atoms with Crippen molar-refractivity contribution in [3.63, 3.8) is 0 Å². The molecule has 5 nitrogen and oxygen atoms in total. The van der Waals surface area contributed by atoms with Gasteiger partial charge in [-0.25, -0.2) is 23.4 Å². The van der Waals surface area contributed by atoms with Crippen LogP contribution in [0, 0.1) is 23.0 Å². The highest BCUT2D eigenvalue weighted by atomic mass is 35.5. The summed E-state index contributed by atoms with van der Waals surface area (Å²) in [4.78, 5) is 7.57. The molecule has 0 amide bonds. The molecule has 2 aromatic heterocycles. The van der Waals surface area contributed by atoms with Crippen LogP contribution in [0.3, 0.4) is 0 Å². The van der Waals surface area contributed by atoms with Gasteiger partial charge in [0.2, 0.25) is 0 Å². The smallest absolute Gasteiger partial charge is 0.181 e. The Bertz CT molecular complexity index is 916. The molecular formula is C15H8ClF2N5. The zero-order valence-electron chi connectivity index (χ0n) is 11.5. The molecule has 0 spiro atoms. The fourth-order valence-corrected chi connectivity index (χ4v) is 2.12. The van der Waals surface area contributed by atoms with E-state index in [1.54, 1.807) is 18.2 Å². The highest BCUT2D eigenvalue weighted by Gasteiger charge is 2.14. The van der Waals surface area contributed by atoms with Gasteiger partial charge in [0.25, 0.3) is 0 Å². The van der Waals surface area contributed by atoms with Gasteiger partial charge in [-0.05, 0) is 6.07 Å². The Hall–Kier alpha value is -2.85. The fourth-order valence-electron chi connectivity index (χ4n) is 1.99. The van der Waals surface area contributed by atoms with Crippen molar-refractivity contribution in [2.24, 2.45) is 0 Å². The molecule has 0 aliphatic rings. The van der Waals surface area contributed by atoms with Gasteiger partial charge >= 0.3 is 0 Å². The first-order valence-electron chi connectivity index (χ1n) is 6.48. The Balaban J connectivity index is 2.00. The third-order valence-corrected chi connectivity index (χ3v) is 3.37. The Kier molecular flexibility index (Phi) is 4.00. The van der Waals surface area contributed by atoms with E-state index in [1.165, 1.54) is 16.8 Å². The van der Waals surface area contributed by atoms with Crippen LogP contribution >= 0.6 is 11.6 Å². The maximum atomic E-state index is 13.7. The monoisotopic (exact) mass is 331 g/mol. The Morgan fingerprint density at radius 2 is 2.00 bits per heavy atom. The van der Waals surface area contributed by atoms with Crippen molar-refractivity contribution in [1.29, 1.82) is 5.26 Å². The lowest BCUT2D eigenvalue weighted by Gasteiger charge is -2.04. The van der Waals surface area contributed by atoms with Crippen LogP contribution in [0.15, 0.2) is 36.5 Å². The first-order chi connectivity index (χ1) is 11.1. The maximum absolute atomic E-state index is 13.7. The molecule has 0 radical (unpaired) electrons. The van der Waals surface area contributed by atoms with Crippen molar-refractivity contribution in [2.45, 2.75) is 6.54 Å². The highest BCUT2D eigenvalue weighted by Crippen LogP contribution is 2.19. The highest BCUT2D eigenvalue weighted by molar-refractivity contribution is 6.29. The number of benzene rings is 1. The Morgan fingerprint density at radius 1 is 1.22 bits per heavy atom. The standard InChI is InChI=1S/C15H8ClF2N5/c16-14-12(18)7-20-15(21-14)13-5-10(6-19)23(22-13)8-9-3-1-2-4-11(9)17/h1-5,7H,8H2. The average Bonchev–Trinajstić information content (AvgIpc) is 2.95. The Morgan fingerprint density at radius 3 is 2.70 bits per heavy atom. The van der Waals surface area contributed by atoms with Crippen molar-refractivity contribution >= 4 is 11.6 Å². The van der Waals surface area contributed by atoms with Crippen LogP contribution in [-0.2, 0) is 6.54 Å². The van der Waals surface area contributed by atoms with Crippen LogP contribution in [0.1, 0.15) is 11.3 Å². The lowest BCUT2D eigenvalue weighted by Crippen LogP contribution is -2.06. The van der Waals surface area contributed by atoms with E-state index < -0.39 is 11.6 Å². The van der Waals surface area contributed by atoms with Crippen molar-refractivity contribution in [3.8, 4) is 17.6 Å². The fraction of sp³-hybridized carbons (Fsp3) is 0.0667. The molecule has 0 atom stereocenters. The summed E-state index contributed by atoms with van der Waals surface area (Å²) in [5.41, 5.74) is 0.837. The first-order valence-corrected chi connectivity index (χ1v) is 6.86. The van der Waals surface area contributed by atoms with E-state index >= 15 is 0 Å². The molecule has 1 aromatic carbocycles. The zero-order valence-corrected chi connectivity index (χ0v) is 12.3. The van der Waals surface area contributed by atoms with Crippen LogP contribution < -0.4 is 0 Å². The summed E-state index contributed by atoms with van der Waals surface area (Å²) in [6.07, 6.45) is 0.923. The van der Waals surface area contributed by atoms with Crippen LogP contribution in [0.2, 0.25) is 5.15 Å². The maximum Gasteiger partial charge on any atom is 0.181 e.